The Labute approximate surface area is 113 Å². The number of nitrogens with zero attached hydrogens (tertiary/aromatic N) is 1. The van der Waals surface area contributed by atoms with Gasteiger partial charge in [-0.1, -0.05) is 0 Å². The van der Waals surface area contributed by atoms with Gasteiger partial charge in [-0.15, -0.1) is 0 Å². The maximum atomic E-state index is 12.1. The first kappa shape index (κ1) is 12.9. The third-order valence-electron chi connectivity index (χ3n) is 2.34. The lowest BCUT2D eigenvalue weighted by Crippen LogP contribution is -2.14. The second-order valence-corrected chi connectivity index (χ2v) is 6.25. The zero-order valence-electron chi connectivity index (χ0n) is 9.44. The summed E-state index contributed by atoms with van der Waals surface area (Å²) in [6.45, 7) is 1.75. The quantitative estimate of drug-likeness (QED) is 0.747. The van der Waals surface area contributed by atoms with E-state index in [2.05, 4.69) is 30.8 Å². The Morgan fingerprint density at radius 3 is 2.72 bits per heavy atom. The topological polar surface area (TPSA) is 101 Å². The van der Waals surface area contributed by atoms with Gasteiger partial charge < -0.3 is 5.73 Å². The molecule has 6 nitrogen and oxygen atoms in total. The van der Waals surface area contributed by atoms with Crippen LogP contribution in [0.15, 0.2) is 33.8 Å². The second kappa shape index (κ2) is 4.62. The Bertz CT molecular complexity index is 681. The summed E-state index contributed by atoms with van der Waals surface area (Å²) < 4.78 is 27.2. The molecule has 0 atom stereocenters. The van der Waals surface area contributed by atoms with Crippen molar-refractivity contribution in [1.82, 2.24) is 10.2 Å². The molecule has 0 spiro atoms. The molecule has 96 valence electrons. The van der Waals surface area contributed by atoms with Gasteiger partial charge in [0.25, 0.3) is 10.0 Å². The van der Waals surface area contributed by atoms with E-state index in [4.69, 9.17) is 5.73 Å². The van der Waals surface area contributed by atoms with E-state index in [1.165, 1.54) is 18.3 Å². The molecule has 0 aliphatic heterocycles. The summed E-state index contributed by atoms with van der Waals surface area (Å²) in [5.74, 6) is 0.344. The largest absolute Gasteiger partial charge is 0.398 e. The molecule has 4 N–H and O–H groups in total. The predicted octanol–water partition coefficient (Wildman–Crippen LogP) is 1.86. The second-order valence-electron chi connectivity index (χ2n) is 3.72. The summed E-state index contributed by atoms with van der Waals surface area (Å²) in [7, 11) is -3.67. The lowest BCUT2D eigenvalue weighted by atomic mass is 10.3. The maximum Gasteiger partial charge on any atom is 0.263 e. The fourth-order valence-corrected chi connectivity index (χ4v) is 2.70. The fourth-order valence-electron chi connectivity index (χ4n) is 1.33. The van der Waals surface area contributed by atoms with Crippen molar-refractivity contribution < 1.29 is 8.42 Å². The molecule has 0 bridgehead atoms. The first-order chi connectivity index (χ1) is 8.40. The van der Waals surface area contributed by atoms with Gasteiger partial charge >= 0.3 is 0 Å². The molecule has 1 aromatic heterocycles. The Balaban J connectivity index is 2.37. The van der Waals surface area contributed by atoms with E-state index < -0.39 is 10.0 Å². The van der Waals surface area contributed by atoms with Gasteiger partial charge in [-0.2, -0.15) is 5.10 Å². The summed E-state index contributed by atoms with van der Waals surface area (Å²) in [4.78, 5) is 0.0946. The number of benzene rings is 1. The molecule has 0 aliphatic carbocycles. The minimum Gasteiger partial charge on any atom is -0.398 e. The van der Waals surface area contributed by atoms with Crippen LogP contribution in [0.1, 0.15) is 5.56 Å². The van der Waals surface area contributed by atoms with E-state index >= 15 is 0 Å². The van der Waals surface area contributed by atoms with Gasteiger partial charge in [-0.25, -0.2) is 8.42 Å². The molecule has 0 saturated heterocycles. The van der Waals surface area contributed by atoms with Crippen LogP contribution in [0.2, 0.25) is 0 Å². The molecule has 0 fully saturated rings. The number of rotatable bonds is 3. The van der Waals surface area contributed by atoms with E-state index in [0.717, 1.165) is 0 Å². The smallest absolute Gasteiger partial charge is 0.263 e. The van der Waals surface area contributed by atoms with Gasteiger partial charge in [0.05, 0.1) is 11.1 Å². The van der Waals surface area contributed by atoms with E-state index in [1.807, 2.05) is 0 Å². The lowest BCUT2D eigenvalue weighted by Gasteiger charge is -2.08. The average Bonchev–Trinajstić information content (AvgIpc) is 2.67. The summed E-state index contributed by atoms with van der Waals surface area (Å²) in [5.41, 5.74) is 6.73. The van der Waals surface area contributed by atoms with Crippen molar-refractivity contribution in [3.63, 3.8) is 0 Å². The number of hydrogen-bond donors (Lipinski definition) is 3. The van der Waals surface area contributed by atoms with Crippen molar-refractivity contribution in [2.45, 2.75) is 11.8 Å². The van der Waals surface area contributed by atoms with Crippen LogP contribution >= 0.6 is 15.9 Å². The van der Waals surface area contributed by atoms with Crippen molar-refractivity contribution in [2.24, 2.45) is 0 Å². The molecule has 2 rings (SSSR count). The zero-order valence-corrected chi connectivity index (χ0v) is 11.8. The van der Waals surface area contributed by atoms with E-state index in [-0.39, 0.29) is 4.90 Å². The number of anilines is 2. The van der Waals surface area contributed by atoms with Gasteiger partial charge in [0.1, 0.15) is 5.82 Å². The molecule has 0 amide bonds. The Morgan fingerprint density at radius 2 is 2.17 bits per heavy atom. The van der Waals surface area contributed by atoms with E-state index in [0.29, 0.717) is 21.5 Å². The Kier molecular flexibility index (Phi) is 3.31. The lowest BCUT2D eigenvalue weighted by molar-refractivity contribution is 0.601. The standard InChI is InChI=1S/C10H11BrN4O2S/c1-6-5-13-14-10(6)15-18(16,17)7-2-3-8(11)9(12)4-7/h2-5H,12H2,1H3,(H2,13,14,15). The fraction of sp³-hybridized carbons (Fsp3) is 0.100. The molecule has 2 aromatic rings. The van der Waals surface area contributed by atoms with Crippen LogP contribution in [0.4, 0.5) is 11.5 Å². The van der Waals surface area contributed by atoms with Crippen molar-refractivity contribution in [3.8, 4) is 0 Å². The van der Waals surface area contributed by atoms with Crippen molar-refractivity contribution >= 4 is 37.5 Å². The number of sulfonamides is 1. The summed E-state index contributed by atoms with van der Waals surface area (Å²) in [6.07, 6.45) is 1.54. The minimum atomic E-state index is -3.67. The number of hydrogen-bond acceptors (Lipinski definition) is 4. The van der Waals surface area contributed by atoms with E-state index in [1.54, 1.807) is 13.0 Å². The third-order valence-corrected chi connectivity index (χ3v) is 4.41. The normalized spacial score (nSPS) is 11.4. The molecule has 0 unspecified atom stereocenters. The molecule has 0 radical (unpaired) electrons. The summed E-state index contributed by atoms with van der Waals surface area (Å²) >= 11 is 3.21. The van der Waals surface area contributed by atoms with Crippen LogP contribution in [-0.2, 0) is 10.0 Å². The number of nitrogen functional groups attached to an aromatic ring is 1. The number of aromatic amines is 1. The van der Waals surface area contributed by atoms with Crippen LogP contribution in [0.3, 0.4) is 0 Å². The highest BCUT2D eigenvalue weighted by molar-refractivity contribution is 9.10. The first-order valence-electron chi connectivity index (χ1n) is 4.98. The van der Waals surface area contributed by atoms with Crippen LogP contribution in [-0.4, -0.2) is 18.6 Å². The summed E-state index contributed by atoms with van der Waals surface area (Å²) in [5, 5.41) is 6.32. The Morgan fingerprint density at radius 1 is 1.44 bits per heavy atom. The highest BCUT2D eigenvalue weighted by atomic mass is 79.9. The van der Waals surface area contributed by atoms with E-state index in [9.17, 15) is 8.42 Å². The monoisotopic (exact) mass is 330 g/mol. The van der Waals surface area contributed by atoms with Gasteiger partial charge in [0.2, 0.25) is 0 Å². The average molecular weight is 331 g/mol. The molecular weight excluding hydrogens is 320 g/mol. The Hall–Kier alpha value is -1.54. The SMILES string of the molecule is Cc1cn[nH]c1NS(=O)(=O)c1ccc(Br)c(N)c1. The molecule has 1 aromatic carbocycles. The van der Waals surface area contributed by atoms with Crippen molar-refractivity contribution in [3.05, 3.63) is 34.4 Å². The van der Waals surface area contributed by atoms with Crippen LogP contribution in [0.5, 0.6) is 0 Å². The molecule has 1 heterocycles. The summed E-state index contributed by atoms with van der Waals surface area (Å²) in [6, 6.07) is 4.44. The number of aromatic nitrogens is 2. The van der Waals surface area contributed by atoms with Crippen molar-refractivity contribution in [2.75, 3.05) is 10.5 Å². The van der Waals surface area contributed by atoms with Gasteiger partial charge in [-0.05, 0) is 41.1 Å². The highest BCUT2D eigenvalue weighted by Crippen LogP contribution is 2.24. The number of aryl methyl sites for hydroxylation is 1. The number of nitrogens with one attached hydrogen (secondary N) is 2. The number of halogens is 1. The predicted molar refractivity (Wildman–Crippen MR) is 72.7 cm³/mol. The van der Waals surface area contributed by atoms with Crippen LogP contribution in [0, 0.1) is 6.92 Å². The zero-order chi connectivity index (χ0) is 13.3. The van der Waals surface area contributed by atoms with Gasteiger partial charge in [0.15, 0.2) is 0 Å². The third kappa shape index (κ3) is 2.49. The first-order valence-corrected chi connectivity index (χ1v) is 7.25. The number of H-pyrrole nitrogens is 1. The maximum absolute atomic E-state index is 12.1. The molecule has 18 heavy (non-hydrogen) atoms. The van der Waals surface area contributed by atoms with Crippen LogP contribution in [0.25, 0.3) is 0 Å². The molecule has 0 saturated carbocycles. The minimum absolute atomic E-state index is 0.0946. The number of nitrogens with two attached hydrogens (primary N) is 1. The molecule has 8 heteroatoms. The van der Waals surface area contributed by atoms with Gasteiger partial charge in [-0.3, -0.25) is 9.82 Å². The molecule has 0 aliphatic rings. The molecular formula is C10H11BrN4O2S. The van der Waals surface area contributed by atoms with Gasteiger partial charge in [0, 0.05) is 15.7 Å². The highest BCUT2D eigenvalue weighted by Gasteiger charge is 2.17. The van der Waals surface area contributed by atoms with Crippen molar-refractivity contribution in [1.29, 1.82) is 0 Å². The van der Waals surface area contributed by atoms with Crippen LogP contribution < -0.4 is 10.5 Å².